The summed E-state index contributed by atoms with van der Waals surface area (Å²) in [7, 11) is 5.06. The molecule has 1 aliphatic rings. The summed E-state index contributed by atoms with van der Waals surface area (Å²) in [6.07, 6.45) is 5.85. The highest BCUT2D eigenvalue weighted by molar-refractivity contribution is 7.97. The van der Waals surface area contributed by atoms with Gasteiger partial charge in [-0.2, -0.15) is 4.98 Å². The first-order valence-electron chi connectivity index (χ1n) is 12.0. The number of nitrogens with zero attached hydrogens (tertiary/aromatic N) is 3. The van der Waals surface area contributed by atoms with Crippen LogP contribution in [-0.2, 0) is 0 Å². The summed E-state index contributed by atoms with van der Waals surface area (Å²) in [5.41, 5.74) is 1.56. The second kappa shape index (κ2) is 14.7. The van der Waals surface area contributed by atoms with E-state index in [4.69, 9.17) is 21.1 Å². The van der Waals surface area contributed by atoms with Crippen molar-refractivity contribution in [2.75, 3.05) is 51.5 Å². The SMILES string of the molecule is CCN1CCCCC1.CNSc1ccccc1Nc1nc(Nc2cc(OC)ccc2OC)ncc1Cl. The van der Waals surface area contributed by atoms with Crippen molar-refractivity contribution in [3.05, 3.63) is 53.7 Å². The minimum Gasteiger partial charge on any atom is -0.497 e. The molecule has 0 aliphatic carbocycles. The van der Waals surface area contributed by atoms with Gasteiger partial charge >= 0.3 is 0 Å². The number of hydrogen-bond acceptors (Lipinski definition) is 9. The molecule has 1 fully saturated rings. The fraction of sp³-hybridized carbons (Fsp3) is 0.385. The molecular weight excluding hydrogens is 496 g/mol. The Balaban J connectivity index is 0.000000383. The third kappa shape index (κ3) is 8.16. The Kier molecular flexibility index (Phi) is 11.4. The average Bonchev–Trinajstić information content (AvgIpc) is 2.92. The van der Waals surface area contributed by atoms with Crippen LogP contribution < -0.4 is 24.8 Å². The summed E-state index contributed by atoms with van der Waals surface area (Å²) in [6, 6.07) is 13.3. The van der Waals surface area contributed by atoms with Crippen LogP contribution in [0.4, 0.5) is 23.1 Å². The molecule has 36 heavy (non-hydrogen) atoms. The van der Waals surface area contributed by atoms with E-state index in [2.05, 4.69) is 37.1 Å². The maximum atomic E-state index is 6.30. The van der Waals surface area contributed by atoms with E-state index in [1.165, 1.54) is 50.8 Å². The van der Waals surface area contributed by atoms with E-state index in [0.717, 1.165) is 10.6 Å². The normalized spacial score (nSPS) is 13.4. The highest BCUT2D eigenvalue weighted by Gasteiger charge is 2.12. The van der Waals surface area contributed by atoms with E-state index in [0.29, 0.717) is 34.0 Å². The lowest BCUT2D eigenvalue weighted by Crippen LogP contribution is -2.29. The van der Waals surface area contributed by atoms with Gasteiger partial charge in [0.2, 0.25) is 5.95 Å². The van der Waals surface area contributed by atoms with Crippen LogP contribution >= 0.6 is 23.5 Å². The Morgan fingerprint density at radius 1 is 1.00 bits per heavy atom. The topological polar surface area (TPSA) is 83.6 Å². The molecule has 2 aromatic carbocycles. The fourth-order valence-electron chi connectivity index (χ4n) is 3.72. The van der Waals surface area contributed by atoms with Gasteiger partial charge in [-0.3, -0.25) is 4.72 Å². The third-order valence-electron chi connectivity index (χ3n) is 5.65. The van der Waals surface area contributed by atoms with Gasteiger partial charge in [0, 0.05) is 11.0 Å². The molecule has 3 N–H and O–H groups in total. The maximum Gasteiger partial charge on any atom is 0.229 e. The molecule has 10 heteroatoms. The van der Waals surface area contributed by atoms with E-state index >= 15 is 0 Å². The van der Waals surface area contributed by atoms with Crippen LogP contribution in [0, 0.1) is 0 Å². The van der Waals surface area contributed by atoms with Gasteiger partial charge in [0.05, 0.1) is 31.8 Å². The molecule has 8 nitrogen and oxygen atoms in total. The number of rotatable bonds is 9. The fourth-order valence-corrected chi connectivity index (χ4v) is 4.45. The average molecular weight is 531 g/mol. The van der Waals surface area contributed by atoms with Crippen molar-refractivity contribution >= 4 is 46.7 Å². The number of aromatic nitrogens is 2. The predicted octanol–water partition coefficient (Wildman–Crippen LogP) is 6.35. The molecule has 0 amide bonds. The quantitative estimate of drug-likeness (QED) is 0.274. The molecule has 0 radical (unpaired) electrons. The van der Waals surface area contributed by atoms with Crippen molar-refractivity contribution in [2.24, 2.45) is 0 Å². The van der Waals surface area contributed by atoms with Gasteiger partial charge in [0.1, 0.15) is 16.5 Å². The molecule has 1 aliphatic heterocycles. The number of piperidine rings is 1. The zero-order valence-corrected chi connectivity index (χ0v) is 22.9. The van der Waals surface area contributed by atoms with Crippen LogP contribution in [0.3, 0.4) is 0 Å². The lowest BCUT2D eigenvalue weighted by molar-refractivity contribution is 0.240. The minimum atomic E-state index is 0.372. The monoisotopic (exact) mass is 530 g/mol. The van der Waals surface area contributed by atoms with Crippen LogP contribution in [0.15, 0.2) is 53.6 Å². The summed E-state index contributed by atoms with van der Waals surface area (Å²) in [6.45, 7) is 6.18. The van der Waals surface area contributed by atoms with Crippen molar-refractivity contribution in [1.82, 2.24) is 19.6 Å². The Hall–Kier alpha value is -2.72. The Labute approximate surface area is 223 Å². The molecule has 2 heterocycles. The summed E-state index contributed by atoms with van der Waals surface area (Å²) in [5, 5.41) is 6.82. The molecule has 4 rings (SSSR count). The first-order valence-corrected chi connectivity index (χ1v) is 13.2. The van der Waals surface area contributed by atoms with Gasteiger partial charge in [-0.05, 0) is 75.7 Å². The first kappa shape index (κ1) is 27.9. The molecular formula is C26H35ClN6O2S. The lowest BCUT2D eigenvalue weighted by Gasteiger charge is -2.24. The standard InChI is InChI=1S/C19H20ClN5O2S.C7H15N/c1-21-28-17-7-5-4-6-14(17)23-18-13(20)11-22-19(25-18)24-15-10-12(26-2)8-9-16(15)27-3;1-2-8-6-4-3-5-7-8/h4-11,21H,1-3H3,(H2,22,23,24,25);2-7H2,1H3. The number of hydrogen-bond donors (Lipinski definition) is 3. The molecule has 0 unspecified atom stereocenters. The summed E-state index contributed by atoms with van der Waals surface area (Å²) >= 11 is 7.80. The molecule has 0 bridgehead atoms. The van der Waals surface area contributed by atoms with E-state index in [1.54, 1.807) is 20.4 Å². The number of anilines is 4. The van der Waals surface area contributed by atoms with E-state index in [1.807, 2.05) is 49.5 Å². The molecule has 194 valence electrons. The van der Waals surface area contributed by atoms with E-state index in [9.17, 15) is 0 Å². The maximum absolute atomic E-state index is 6.30. The summed E-state index contributed by atoms with van der Waals surface area (Å²) in [4.78, 5) is 12.3. The van der Waals surface area contributed by atoms with Crippen molar-refractivity contribution in [1.29, 1.82) is 0 Å². The van der Waals surface area contributed by atoms with Crippen molar-refractivity contribution in [3.63, 3.8) is 0 Å². The van der Waals surface area contributed by atoms with Gasteiger partial charge in [-0.25, -0.2) is 4.98 Å². The number of nitrogens with one attached hydrogen (secondary N) is 3. The largest absolute Gasteiger partial charge is 0.497 e. The molecule has 0 spiro atoms. The highest BCUT2D eigenvalue weighted by Crippen LogP contribution is 2.33. The van der Waals surface area contributed by atoms with Crippen molar-refractivity contribution < 1.29 is 9.47 Å². The van der Waals surface area contributed by atoms with Gasteiger partial charge in [-0.15, -0.1) is 0 Å². The Morgan fingerprint density at radius 2 is 1.78 bits per heavy atom. The van der Waals surface area contributed by atoms with Crippen LogP contribution in [0.2, 0.25) is 5.02 Å². The zero-order valence-electron chi connectivity index (χ0n) is 21.3. The first-order chi connectivity index (χ1) is 17.6. The molecule has 1 aromatic heterocycles. The van der Waals surface area contributed by atoms with Crippen LogP contribution in [-0.4, -0.2) is 55.8 Å². The molecule has 1 saturated heterocycles. The zero-order chi connectivity index (χ0) is 25.8. The molecule has 0 atom stereocenters. The van der Waals surface area contributed by atoms with Gasteiger partial charge in [0.15, 0.2) is 5.82 Å². The molecule has 3 aromatic rings. The van der Waals surface area contributed by atoms with Gasteiger partial charge in [0.25, 0.3) is 0 Å². The summed E-state index contributed by atoms with van der Waals surface area (Å²) < 4.78 is 13.7. The van der Waals surface area contributed by atoms with Crippen molar-refractivity contribution in [2.45, 2.75) is 31.1 Å². The number of halogens is 1. The minimum absolute atomic E-state index is 0.372. The Morgan fingerprint density at radius 3 is 2.44 bits per heavy atom. The number of ether oxygens (including phenoxy) is 2. The number of benzene rings is 2. The second-order valence-corrected chi connectivity index (χ2v) is 9.46. The van der Waals surface area contributed by atoms with E-state index in [-0.39, 0.29) is 0 Å². The van der Waals surface area contributed by atoms with Crippen LogP contribution in [0.25, 0.3) is 0 Å². The predicted molar refractivity (Wildman–Crippen MR) is 150 cm³/mol. The van der Waals surface area contributed by atoms with Crippen LogP contribution in [0.1, 0.15) is 26.2 Å². The molecule has 0 saturated carbocycles. The summed E-state index contributed by atoms with van der Waals surface area (Å²) in [5.74, 6) is 2.20. The third-order valence-corrected chi connectivity index (χ3v) is 6.70. The highest BCUT2D eigenvalue weighted by atomic mass is 35.5. The lowest BCUT2D eigenvalue weighted by atomic mass is 10.1. The van der Waals surface area contributed by atoms with Gasteiger partial charge < -0.3 is 25.0 Å². The van der Waals surface area contributed by atoms with Gasteiger partial charge in [-0.1, -0.05) is 37.1 Å². The number of methoxy groups -OCH3 is 2. The smallest absolute Gasteiger partial charge is 0.229 e. The second-order valence-electron chi connectivity index (χ2n) is 8.00. The number of likely N-dealkylation sites (tertiary alicyclic amines) is 1. The van der Waals surface area contributed by atoms with E-state index < -0.39 is 0 Å². The van der Waals surface area contributed by atoms with Crippen molar-refractivity contribution in [3.8, 4) is 11.5 Å². The number of para-hydroxylation sites is 1. The van der Waals surface area contributed by atoms with Crippen LogP contribution in [0.5, 0.6) is 11.5 Å². The Bertz CT molecular complexity index is 1100.